The van der Waals surface area contributed by atoms with E-state index in [9.17, 15) is 9.59 Å². The van der Waals surface area contributed by atoms with Crippen LogP contribution < -0.4 is 10.6 Å². The third-order valence-electron chi connectivity index (χ3n) is 3.02. The van der Waals surface area contributed by atoms with Crippen LogP contribution in [0.25, 0.3) is 0 Å². The number of nitrogens with one attached hydrogen (secondary N) is 2. The van der Waals surface area contributed by atoms with Gasteiger partial charge in [0.25, 0.3) is 0 Å². The maximum atomic E-state index is 11.8. The fourth-order valence-corrected chi connectivity index (χ4v) is 1.86. The molecule has 0 aromatic rings. The van der Waals surface area contributed by atoms with E-state index >= 15 is 0 Å². The molecule has 1 saturated heterocycles. The fourth-order valence-electron chi connectivity index (χ4n) is 1.86. The molecule has 1 rings (SSSR count). The van der Waals surface area contributed by atoms with Crippen molar-refractivity contribution < 1.29 is 14.8 Å². The van der Waals surface area contributed by atoms with E-state index in [1.807, 2.05) is 4.90 Å². The summed E-state index contributed by atoms with van der Waals surface area (Å²) in [6.07, 6.45) is 1.30. The molecule has 0 aromatic carbocycles. The van der Waals surface area contributed by atoms with Gasteiger partial charge in [-0.3, -0.25) is 15.0 Å². The van der Waals surface area contributed by atoms with Crippen molar-refractivity contribution in [2.75, 3.05) is 19.6 Å². The minimum absolute atomic E-state index is 0.315. The summed E-state index contributed by atoms with van der Waals surface area (Å²) in [6, 6.07) is -0.836. The Hall–Kier alpha value is -1.63. The number of hydrogen-bond acceptors (Lipinski definition) is 5. The first kappa shape index (κ1) is 14.4. The molecule has 18 heavy (non-hydrogen) atoms. The fraction of sp³-hybridized carbons (Fsp3) is 0.727. The molecule has 7 heteroatoms. The molecule has 1 unspecified atom stereocenters. The lowest BCUT2D eigenvalue weighted by molar-refractivity contribution is -0.124. The molecule has 3 N–H and O–H groups in total. The molecule has 1 aliphatic rings. The third-order valence-corrected chi connectivity index (χ3v) is 3.02. The van der Waals surface area contributed by atoms with Gasteiger partial charge in [-0.05, 0) is 13.8 Å². The van der Waals surface area contributed by atoms with Crippen LogP contribution in [0.1, 0.15) is 26.7 Å². The first-order valence-corrected chi connectivity index (χ1v) is 6.11. The lowest BCUT2D eigenvalue weighted by Crippen LogP contribution is -2.51. The largest absolute Gasteiger partial charge is 0.411 e. The van der Waals surface area contributed by atoms with Crippen LogP contribution in [0.15, 0.2) is 5.16 Å². The highest BCUT2D eigenvalue weighted by atomic mass is 16.4. The average molecular weight is 256 g/mol. The summed E-state index contributed by atoms with van der Waals surface area (Å²) in [5, 5.41) is 16.6. The van der Waals surface area contributed by atoms with Crippen LogP contribution in [0.2, 0.25) is 0 Å². The van der Waals surface area contributed by atoms with Gasteiger partial charge in [-0.2, -0.15) is 0 Å². The highest BCUT2D eigenvalue weighted by Gasteiger charge is 2.25. The van der Waals surface area contributed by atoms with E-state index in [4.69, 9.17) is 5.21 Å². The number of likely N-dealkylation sites (tertiary alicyclic amines) is 1. The Kier molecular flexibility index (Phi) is 5.57. The molecular weight excluding hydrogens is 236 g/mol. The Bertz CT molecular complexity index is 333. The zero-order chi connectivity index (χ0) is 13.5. The molecule has 0 radical (unpaired) electrons. The predicted molar refractivity (Wildman–Crippen MR) is 66.7 cm³/mol. The molecule has 1 heterocycles. The third kappa shape index (κ3) is 3.99. The van der Waals surface area contributed by atoms with Gasteiger partial charge < -0.3 is 10.5 Å². The first-order chi connectivity index (χ1) is 8.58. The van der Waals surface area contributed by atoms with Crippen LogP contribution in [0.5, 0.6) is 0 Å². The van der Waals surface area contributed by atoms with E-state index in [0.717, 1.165) is 5.71 Å². The standard InChI is InChI=1S/C11H20N4O3/c1-3-12-11(17)13-10(16)8(2)15-6-4-9(14-18)5-7-15/h8,18H,3-7H2,1-2H3,(H2,12,13,16,17). The smallest absolute Gasteiger partial charge is 0.321 e. The molecule has 7 nitrogen and oxygen atoms in total. The molecule has 0 aliphatic carbocycles. The topological polar surface area (TPSA) is 94.0 Å². The van der Waals surface area contributed by atoms with Gasteiger partial charge in [0.15, 0.2) is 0 Å². The van der Waals surface area contributed by atoms with Gasteiger partial charge in [-0.15, -0.1) is 0 Å². The van der Waals surface area contributed by atoms with Gasteiger partial charge in [0.1, 0.15) is 0 Å². The Morgan fingerprint density at radius 3 is 2.56 bits per heavy atom. The van der Waals surface area contributed by atoms with E-state index < -0.39 is 6.03 Å². The monoisotopic (exact) mass is 256 g/mol. The number of nitrogens with zero attached hydrogens (tertiary/aromatic N) is 2. The first-order valence-electron chi connectivity index (χ1n) is 6.11. The van der Waals surface area contributed by atoms with Gasteiger partial charge >= 0.3 is 6.03 Å². The van der Waals surface area contributed by atoms with Gasteiger partial charge in [0.05, 0.1) is 11.8 Å². The number of oxime groups is 1. The molecule has 1 atom stereocenters. The van der Waals surface area contributed by atoms with E-state index in [0.29, 0.717) is 32.5 Å². The number of hydrogen-bond donors (Lipinski definition) is 3. The normalized spacial score (nSPS) is 18.0. The summed E-state index contributed by atoms with van der Waals surface area (Å²) in [7, 11) is 0. The summed E-state index contributed by atoms with van der Waals surface area (Å²) >= 11 is 0. The molecule has 1 aliphatic heterocycles. The average Bonchev–Trinajstić information content (AvgIpc) is 2.38. The Morgan fingerprint density at radius 1 is 1.44 bits per heavy atom. The second kappa shape index (κ2) is 6.95. The van der Waals surface area contributed by atoms with Crippen LogP contribution in [-0.2, 0) is 4.79 Å². The molecule has 102 valence electrons. The summed E-state index contributed by atoms with van der Waals surface area (Å²) in [6.45, 7) is 5.34. The maximum absolute atomic E-state index is 11.8. The van der Waals surface area contributed by atoms with Gasteiger partial charge in [0.2, 0.25) is 5.91 Å². The van der Waals surface area contributed by atoms with Crippen LogP contribution in [0, 0.1) is 0 Å². The second-order valence-electron chi connectivity index (χ2n) is 4.23. The summed E-state index contributed by atoms with van der Waals surface area (Å²) in [5.41, 5.74) is 0.752. The molecule has 3 amide bonds. The number of imide groups is 1. The quantitative estimate of drug-likeness (QED) is 0.495. The highest BCUT2D eigenvalue weighted by molar-refractivity contribution is 5.96. The number of rotatable bonds is 3. The molecule has 0 aromatic heterocycles. The predicted octanol–water partition coefficient (Wildman–Crippen LogP) is 0.147. The second-order valence-corrected chi connectivity index (χ2v) is 4.23. The van der Waals surface area contributed by atoms with E-state index in [-0.39, 0.29) is 11.9 Å². The maximum Gasteiger partial charge on any atom is 0.321 e. The molecular formula is C11H20N4O3. The lowest BCUT2D eigenvalue weighted by Gasteiger charge is -2.31. The van der Waals surface area contributed by atoms with Crippen LogP contribution in [0.4, 0.5) is 4.79 Å². The van der Waals surface area contributed by atoms with Gasteiger partial charge in [-0.25, -0.2) is 4.79 Å². The number of carbonyl (C=O) groups excluding carboxylic acids is 2. The van der Waals surface area contributed by atoms with Crippen LogP contribution >= 0.6 is 0 Å². The minimum Gasteiger partial charge on any atom is -0.411 e. The van der Waals surface area contributed by atoms with E-state index in [1.165, 1.54) is 0 Å². The summed E-state index contributed by atoms with van der Waals surface area (Å²) in [5.74, 6) is -0.315. The van der Waals surface area contributed by atoms with Crippen molar-refractivity contribution in [1.82, 2.24) is 15.5 Å². The summed E-state index contributed by atoms with van der Waals surface area (Å²) < 4.78 is 0. The Morgan fingerprint density at radius 2 is 2.06 bits per heavy atom. The Balaban J connectivity index is 2.42. The zero-order valence-corrected chi connectivity index (χ0v) is 10.8. The molecule has 0 bridgehead atoms. The van der Waals surface area contributed by atoms with Crippen molar-refractivity contribution in [3.8, 4) is 0 Å². The molecule has 1 fully saturated rings. The highest BCUT2D eigenvalue weighted by Crippen LogP contribution is 2.10. The van der Waals surface area contributed by atoms with Crippen molar-refractivity contribution in [1.29, 1.82) is 0 Å². The van der Waals surface area contributed by atoms with Crippen molar-refractivity contribution in [3.05, 3.63) is 0 Å². The van der Waals surface area contributed by atoms with E-state index in [2.05, 4.69) is 15.8 Å². The SMILES string of the molecule is CCNC(=O)NC(=O)C(C)N1CCC(=NO)CC1. The van der Waals surface area contributed by atoms with Gasteiger partial charge in [0, 0.05) is 32.5 Å². The number of urea groups is 1. The lowest BCUT2D eigenvalue weighted by atomic mass is 10.1. The van der Waals surface area contributed by atoms with Crippen LogP contribution in [-0.4, -0.2) is 53.4 Å². The number of piperidine rings is 1. The van der Waals surface area contributed by atoms with Gasteiger partial charge in [-0.1, -0.05) is 5.16 Å². The van der Waals surface area contributed by atoms with Crippen molar-refractivity contribution in [2.45, 2.75) is 32.7 Å². The van der Waals surface area contributed by atoms with E-state index in [1.54, 1.807) is 13.8 Å². The Labute approximate surface area is 106 Å². The van der Waals surface area contributed by atoms with Crippen molar-refractivity contribution >= 4 is 17.6 Å². The summed E-state index contributed by atoms with van der Waals surface area (Å²) in [4.78, 5) is 25.0. The molecule has 0 spiro atoms. The van der Waals surface area contributed by atoms with Crippen LogP contribution in [0.3, 0.4) is 0 Å². The number of amides is 3. The number of carbonyl (C=O) groups is 2. The molecule has 0 saturated carbocycles. The van der Waals surface area contributed by atoms with Crippen molar-refractivity contribution in [2.24, 2.45) is 5.16 Å². The van der Waals surface area contributed by atoms with Crippen molar-refractivity contribution in [3.63, 3.8) is 0 Å². The minimum atomic E-state index is -0.469. The zero-order valence-electron chi connectivity index (χ0n) is 10.8.